The van der Waals surface area contributed by atoms with Crippen LogP contribution in [0, 0.1) is 17.5 Å². The van der Waals surface area contributed by atoms with Crippen molar-refractivity contribution in [3.63, 3.8) is 0 Å². The molecule has 0 aliphatic carbocycles. The molecule has 0 amide bonds. The van der Waals surface area contributed by atoms with Crippen molar-refractivity contribution in [1.82, 2.24) is 9.97 Å². The van der Waals surface area contributed by atoms with Crippen molar-refractivity contribution in [1.29, 1.82) is 0 Å². The third-order valence-corrected chi connectivity index (χ3v) is 5.54. The molecule has 1 aromatic carbocycles. The number of nitrogens with one attached hydrogen (secondary N) is 1. The standard InChI is InChI=1S/C21H19F3N2O4/c22-11-2-1-3-12(23)10(11)4-5-14-13(24)6-15-16(25-14)7-19(26-15)30-18-9-29-20-17(27)8-28-21(18)20/h1-3,6-7,17-18,20-21,26-27H,4-5,8-9H2/t17-,18-,20-,21-/m1/s1. The van der Waals surface area contributed by atoms with Gasteiger partial charge in [0.25, 0.3) is 0 Å². The van der Waals surface area contributed by atoms with Gasteiger partial charge in [-0.05, 0) is 25.0 Å². The molecule has 9 heteroatoms. The van der Waals surface area contributed by atoms with Gasteiger partial charge in [-0.3, -0.25) is 0 Å². The molecule has 2 fully saturated rings. The number of benzene rings is 1. The molecule has 0 unspecified atom stereocenters. The lowest BCUT2D eigenvalue weighted by Gasteiger charge is -2.16. The van der Waals surface area contributed by atoms with E-state index in [-0.39, 0.29) is 43.4 Å². The number of aromatic nitrogens is 2. The lowest BCUT2D eigenvalue weighted by atomic mass is 10.1. The molecule has 2 saturated heterocycles. The Balaban J connectivity index is 1.33. The van der Waals surface area contributed by atoms with E-state index in [2.05, 4.69) is 9.97 Å². The van der Waals surface area contributed by atoms with Crippen molar-refractivity contribution < 1.29 is 32.5 Å². The SMILES string of the molecule is O[C@@H]1CO[C@H]2[C@@H]1OC[C@H]2Oc1cc2nc(CCc3c(F)cccc3F)c(F)cc2[nH]1. The van der Waals surface area contributed by atoms with Crippen LogP contribution < -0.4 is 4.74 Å². The van der Waals surface area contributed by atoms with Crippen LogP contribution in [0.1, 0.15) is 11.3 Å². The molecule has 0 radical (unpaired) electrons. The minimum atomic E-state index is -0.677. The molecule has 2 N–H and O–H groups in total. The van der Waals surface area contributed by atoms with Crippen molar-refractivity contribution in [2.24, 2.45) is 0 Å². The quantitative estimate of drug-likeness (QED) is 0.664. The number of fused-ring (bicyclic) bond motifs is 2. The molecule has 4 heterocycles. The van der Waals surface area contributed by atoms with E-state index in [1.165, 1.54) is 24.3 Å². The predicted molar refractivity (Wildman–Crippen MR) is 99.7 cm³/mol. The Bertz CT molecular complexity index is 1070. The van der Waals surface area contributed by atoms with Crippen molar-refractivity contribution in [2.45, 2.75) is 37.3 Å². The van der Waals surface area contributed by atoms with E-state index in [1.54, 1.807) is 6.07 Å². The first-order valence-corrected chi connectivity index (χ1v) is 9.68. The van der Waals surface area contributed by atoms with E-state index in [0.29, 0.717) is 16.9 Å². The fourth-order valence-electron chi connectivity index (χ4n) is 4.01. The minimum Gasteiger partial charge on any atom is -0.470 e. The summed E-state index contributed by atoms with van der Waals surface area (Å²) in [6.07, 6.45) is -1.84. The maximum atomic E-state index is 14.5. The number of hydrogen-bond acceptors (Lipinski definition) is 5. The van der Waals surface area contributed by atoms with Crippen LogP contribution in [0.25, 0.3) is 11.0 Å². The topological polar surface area (TPSA) is 76.6 Å². The zero-order valence-corrected chi connectivity index (χ0v) is 15.8. The zero-order valence-electron chi connectivity index (χ0n) is 15.8. The highest BCUT2D eigenvalue weighted by Gasteiger charge is 2.48. The van der Waals surface area contributed by atoms with Crippen LogP contribution in [-0.4, -0.2) is 52.7 Å². The average molecular weight is 420 g/mol. The van der Waals surface area contributed by atoms with E-state index in [4.69, 9.17) is 14.2 Å². The maximum absolute atomic E-state index is 14.5. The van der Waals surface area contributed by atoms with Crippen molar-refractivity contribution in [3.05, 3.63) is 59.0 Å². The summed E-state index contributed by atoms with van der Waals surface area (Å²) >= 11 is 0. The van der Waals surface area contributed by atoms with Crippen molar-refractivity contribution in [3.8, 4) is 5.88 Å². The van der Waals surface area contributed by atoms with Gasteiger partial charge in [0.1, 0.15) is 35.8 Å². The summed E-state index contributed by atoms with van der Waals surface area (Å²) in [4.78, 5) is 7.24. The predicted octanol–water partition coefficient (Wildman–Crippen LogP) is 2.67. The number of rotatable bonds is 5. The number of ether oxygens (including phenoxy) is 3. The molecular weight excluding hydrogens is 401 g/mol. The van der Waals surface area contributed by atoms with Crippen LogP contribution in [0.3, 0.4) is 0 Å². The Hall–Kier alpha value is -2.62. The smallest absolute Gasteiger partial charge is 0.193 e. The van der Waals surface area contributed by atoms with Gasteiger partial charge in [-0.15, -0.1) is 0 Å². The zero-order chi connectivity index (χ0) is 20.8. The number of halogens is 3. The number of aromatic amines is 1. The molecule has 0 bridgehead atoms. The number of aliphatic hydroxyl groups is 1. The Morgan fingerprint density at radius 2 is 1.80 bits per heavy atom. The second kappa shape index (κ2) is 7.57. The third-order valence-electron chi connectivity index (χ3n) is 5.54. The van der Waals surface area contributed by atoms with Crippen molar-refractivity contribution >= 4 is 11.0 Å². The maximum Gasteiger partial charge on any atom is 0.193 e. The largest absolute Gasteiger partial charge is 0.470 e. The van der Waals surface area contributed by atoms with Crippen LogP contribution in [0.4, 0.5) is 13.2 Å². The normalized spacial score (nSPS) is 25.7. The Morgan fingerprint density at radius 3 is 2.60 bits per heavy atom. The fraction of sp³-hybridized carbons (Fsp3) is 0.381. The van der Waals surface area contributed by atoms with Gasteiger partial charge in [0.2, 0.25) is 0 Å². The Morgan fingerprint density at radius 1 is 1.03 bits per heavy atom. The van der Waals surface area contributed by atoms with Crippen LogP contribution >= 0.6 is 0 Å². The van der Waals surface area contributed by atoms with Gasteiger partial charge in [-0.25, -0.2) is 18.2 Å². The summed E-state index contributed by atoms with van der Waals surface area (Å²) in [7, 11) is 0. The third kappa shape index (κ3) is 3.42. The molecule has 5 rings (SSSR count). The number of aryl methyl sites for hydroxylation is 1. The van der Waals surface area contributed by atoms with Crippen LogP contribution in [-0.2, 0) is 22.3 Å². The van der Waals surface area contributed by atoms with Crippen molar-refractivity contribution in [2.75, 3.05) is 13.2 Å². The highest BCUT2D eigenvalue weighted by Crippen LogP contribution is 2.31. The van der Waals surface area contributed by atoms with E-state index in [0.717, 1.165) is 0 Å². The summed E-state index contributed by atoms with van der Waals surface area (Å²) < 4.78 is 59.0. The lowest BCUT2D eigenvalue weighted by molar-refractivity contribution is 0.00794. The van der Waals surface area contributed by atoms with Crippen LogP contribution in [0.15, 0.2) is 30.3 Å². The number of H-pyrrole nitrogens is 1. The highest BCUT2D eigenvalue weighted by molar-refractivity contribution is 5.77. The average Bonchev–Trinajstić information content (AvgIpc) is 3.39. The number of hydrogen-bond donors (Lipinski definition) is 2. The lowest BCUT2D eigenvalue weighted by Crippen LogP contribution is -2.34. The second-order valence-corrected chi connectivity index (χ2v) is 7.50. The van der Waals surface area contributed by atoms with E-state index < -0.39 is 35.8 Å². The molecule has 30 heavy (non-hydrogen) atoms. The molecule has 0 spiro atoms. The van der Waals surface area contributed by atoms with Gasteiger partial charge in [-0.1, -0.05) is 6.07 Å². The van der Waals surface area contributed by atoms with Gasteiger partial charge < -0.3 is 24.3 Å². The molecule has 2 aliphatic rings. The first-order valence-electron chi connectivity index (χ1n) is 9.68. The molecule has 4 atom stereocenters. The van der Waals surface area contributed by atoms with E-state index in [1.807, 2.05) is 0 Å². The fourth-order valence-corrected chi connectivity index (χ4v) is 4.01. The summed E-state index contributed by atoms with van der Waals surface area (Å²) in [5.74, 6) is -1.53. The summed E-state index contributed by atoms with van der Waals surface area (Å²) in [6.45, 7) is 0.462. The van der Waals surface area contributed by atoms with Gasteiger partial charge >= 0.3 is 0 Å². The van der Waals surface area contributed by atoms with Crippen LogP contribution in [0.2, 0.25) is 0 Å². The first kappa shape index (κ1) is 19.3. The molecule has 2 aromatic heterocycles. The molecule has 2 aliphatic heterocycles. The molecule has 158 valence electrons. The number of aliphatic hydroxyl groups excluding tert-OH is 1. The van der Waals surface area contributed by atoms with E-state index in [9.17, 15) is 18.3 Å². The summed E-state index contributed by atoms with van der Waals surface area (Å²) in [5, 5.41) is 9.81. The van der Waals surface area contributed by atoms with Crippen LogP contribution in [0.5, 0.6) is 5.88 Å². The molecule has 3 aromatic rings. The second-order valence-electron chi connectivity index (χ2n) is 7.50. The summed E-state index contributed by atoms with van der Waals surface area (Å²) in [5.41, 5.74) is 0.929. The Kier molecular flexibility index (Phi) is 4.88. The number of nitrogens with zero attached hydrogens (tertiary/aromatic N) is 1. The van der Waals surface area contributed by atoms with Gasteiger partial charge in [-0.2, -0.15) is 0 Å². The molecule has 6 nitrogen and oxygen atoms in total. The van der Waals surface area contributed by atoms with E-state index >= 15 is 0 Å². The first-order chi connectivity index (χ1) is 14.5. The highest BCUT2D eigenvalue weighted by atomic mass is 19.1. The molecular formula is C21H19F3N2O4. The Labute approximate surface area is 169 Å². The number of pyridine rings is 1. The van der Waals surface area contributed by atoms with Gasteiger partial charge in [0.05, 0.1) is 29.9 Å². The van der Waals surface area contributed by atoms with Gasteiger partial charge in [0, 0.05) is 17.7 Å². The minimum absolute atomic E-state index is 0.0101. The monoisotopic (exact) mass is 420 g/mol. The summed E-state index contributed by atoms with van der Waals surface area (Å²) in [6, 6.07) is 6.54. The molecule has 0 saturated carbocycles. The van der Waals surface area contributed by atoms with Gasteiger partial charge in [0.15, 0.2) is 12.0 Å².